The number of hydrogen-bond donors (Lipinski definition) is 1. The van der Waals surface area contributed by atoms with Crippen LogP contribution in [0.4, 0.5) is 0 Å². The molecule has 3 fully saturated rings. The molecule has 0 spiro atoms. The van der Waals surface area contributed by atoms with Crippen molar-refractivity contribution >= 4 is 10.8 Å². The molecule has 3 aromatic rings. The Morgan fingerprint density at radius 2 is 1.71 bits per heavy atom. The fourth-order valence-corrected chi connectivity index (χ4v) is 6.11. The second-order valence-electron chi connectivity index (χ2n) is 10.9. The summed E-state index contributed by atoms with van der Waals surface area (Å²) < 4.78 is 13.4. The largest absolute Gasteiger partial charge is 0.496 e. The van der Waals surface area contributed by atoms with Crippen LogP contribution in [0.5, 0.6) is 11.5 Å². The molecule has 1 N–H and O–H groups in total. The molecule has 6 rings (SSSR count). The van der Waals surface area contributed by atoms with Crippen molar-refractivity contribution in [2.24, 2.45) is 13.0 Å². The Balaban J connectivity index is 1.16. The Kier molecular flexibility index (Phi) is 7.09. The number of likely N-dealkylation sites (tertiary alicyclic amines) is 1. The Labute approximate surface area is 223 Å². The first-order chi connectivity index (χ1) is 18.5. The quantitative estimate of drug-likeness (QED) is 0.483. The highest BCUT2D eigenvalue weighted by Gasteiger charge is 2.35. The molecule has 2 aromatic heterocycles. The van der Waals surface area contributed by atoms with Crippen molar-refractivity contribution in [2.75, 3.05) is 73.1 Å². The van der Waals surface area contributed by atoms with Gasteiger partial charge in [0.1, 0.15) is 11.5 Å². The van der Waals surface area contributed by atoms with Crippen LogP contribution < -0.4 is 20.3 Å². The van der Waals surface area contributed by atoms with Crippen LogP contribution in [0, 0.1) is 5.92 Å². The van der Waals surface area contributed by atoms with E-state index in [1.165, 1.54) is 32.7 Å². The number of ether oxygens (including phenoxy) is 2. The van der Waals surface area contributed by atoms with Crippen molar-refractivity contribution in [3.63, 3.8) is 0 Å². The second-order valence-corrected chi connectivity index (χ2v) is 10.9. The zero-order valence-corrected chi connectivity index (χ0v) is 22.7. The van der Waals surface area contributed by atoms with Crippen molar-refractivity contribution < 1.29 is 9.47 Å². The van der Waals surface area contributed by atoms with Crippen molar-refractivity contribution in [1.29, 1.82) is 0 Å². The lowest BCUT2D eigenvalue weighted by Crippen LogP contribution is -2.64. The Hall–Kier alpha value is -2.98. The molecule has 3 aliphatic heterocycles. The van der Waals surface area contributed by atoms with Gasteiger partial charge in [-0.1, -0.05) is 0 Å². The van der Waals surface area contributed by atoms with E-state index in [2.05, 4.69) is 37.1 Å². The molecule has 9 heteroatoms. The number of methoxy groups -OCH3 is 2. The van der Waals surface area contributed by atoms with E-state index in [0.29, 0.717) is 11.4 Å². The summed E-state index contributed by atoms with van der Waals surface area (Å²) in [5, 5.41) is 4.85. The van der Waals surface area contributed by atoms with Gasteiger partial charge in [-0.2, -0.15) is 0 Å². The maximum Gasteiger partial charge on any atom is 0.259 e. The van der Waals surface area contributed by atoms with E-state index >= 15 is 0 Å². The molecule has 9 nitrogen and oxygen atoms in total. The third-order valence-corrected chi connectivity index (χ3v) is 8.53. The van der Waals surface area contributed by atoms with Crippen LogP contribution in [-0.4, -0.2) is 103 Å². The van der Waals surface area contributed by atoms with Gasteiger partial charge in [0.15, 0.2) is 0 Å². The van der Waals surface area contributed by atoms with Crippen LogP contribution in [-0.2, 0) is 13.6 Å². The smallest absolute Gasteiger partial charge is 0.259 e. The predicted molar refractivity (Wildman–Crippen MR) is 149 cm³/mol. The van der Waals surface area contributed by atoms with Crippen molar-refractivity contribution in [1.82, 2.24) is 29.6 Å². The lowest BCUT2D eigenvalue weighted by atomic mass is 9.98. The van der Waals surface area contributed by atoms with Gasteiger partial charge in [0.05, 0.1) is 25.2 Å². The van der Waals surface area contributed by atoms with Gasteiger partial charge in [-0.15, -0.1) is 0 Å². The van der Waals surface area contributed by atoms with Gasteiger partial charge >= 0.3 is 0 Å². The number of nitrogens with one attached hydrogen (secondary N) is 1. The van der Waals surface area contributed by atoms with Crippen LogP contribution in [0.3, 0.4) is 0 Å². The molecule has 38 heavy (non-hydrogen) atoms. The molecule has 0 bridgehead atoms. The van der Waals surface area contributed by atoms with Gasteiger partial charge in [0, 0.05) is 103 Å². The van der Waals surface area contributed by atoms with Crippen LogP contribution in [0.1, 0.15) is 5.56 Å². The fraction of sp³-hybridized carbons (Fsp3) is 0.517. The van der Waals surface area contributed by atoms with E-state index in [4.69, 9.17) is 9.47 Å². The number of piperazine rings is 1. The van der Waals surface area contributed by atoms with E-state index < -0.39 is 0 Å². The predicted octanol–water partition coefficient (Wildman–Crippen LogP) is 1.64. The molecule has 0 unspecified atom stereocenters. The van der Waals surface area contributed by atoms with E-state index in [-0.39, 0.29) is 5.56 Å². The number of benzene rings is 1. The van der Waals surface area contributed by atoms with Gasteiger partial charge < -0.3 is 19.4 Å². The average Bonchev–Trinajstić information content (AvgIpc) is 2.89. The Morgan fingerprint density at radius 3 is 2.34 bits per heavy atom. The first-order valence-corrected chi connectivity index (χ1v) is 13.6. The van der Waals surface area contributed by atoms with Crippen LogP contribution >= 0.6 is 0 Å². The van der Waals surface area contributed by atoms with Crippen molar-refractivity contribution in [2.45, 2.75) is 12.6 Å². The number of aromatic nitrogens is 2. The summed E-state index contributed by atoms with van der Waals surface area (Å²) in [5.74, 6) is 2.46. The van der Waals surface area contributed by atoms with E-state index in [9.17, 15) is 4.79 Å². The number of nitrogens with zero attached hydrogens (tertiary/aromatic N) is 5. The first-order valence-electron chi connectivity index (χ1n) is 13.6. The minimum absolute atomic E-state index is 0.0585. The number of aryl methyl sites for hydroxylation is 1. The lowest BCUT2D eigenvalue weighted by Gasteiger charge is -2.49. The molecule has 202 valence electrons. The summed E-state index contributed by atoms with van der Waals surface area (Å²) in [6.07, 6.45) is 5.24. The Bertz CT molecular complexity index is 1330. The molecule has 0 radical (unpaired) electrons. The van der Waals surface area contributed by atoms with Gasteiger partial charge in [-0.05, 0) is 35.1 Å². The van der Waals surface area contributed by atoms with E-state index in [0.717, 1.165) is 72.2 Å². The minimum Gasteiger partial charge on any atom is -0.496 e. The van der Waals surface area contributed by atoms with Crippen molar-refractivity contribution in [3.8, 4) is 22.6 Å². The SMILES string of the molecule is COc1cc(-c2cn(C)c(=O)c3cnccc23)cc(OC)c1CN1CCN(C2CN(CC3CNC3)C2)CC1. The normalized spacial score (nSPS) is 19.9. The highest BCUT2D eigenvalue weighted by Crippen LogP contribution is 2.38. The maximum absolute atomic E-state index is 12.7. The van der Waals surface area contributed by atoms with E-state index in [1.54, 1.807) is 38.2 Å². The summed E-state index contributed by atoms with van der Waals surface area (Å²) in [7, 11) is 5.20. The summed E-state index contributed by atoms with van der Waals surface area (Å²) in [4.78, 5) is 24.6. The fourth-order valence-electron chi connectivity index (χ4n) is 6.11. The molecular formula is C29H38N6O3. The van der Waals surface area contributed by atoms with Crippen LogP contribution in [0.25, 0.3) is 21.9 Å². The molecule has 5 heterocycles. The maximum atomic E-state index is 12.7. The number of hydrogen-bond acceptors (Lipinski definition) is 8. The number of fused-ring (bicyclic) bond motifs is 1. The minimum atomic E-state index is -0.0585. The zero-order valence-electron chi connectivity index (χ0n) is 22.7. The molecule has 3 saturated heterocycles. The lowest BCUT2D eigenvalue weighted by molar-refractivity contribution is -0.00668. The zero-order chi connectivity index (χ0) is 26.2. The van der Waals surface area contributed by atoms with Crippen molar-refractivity contribution in [3.05, 3.63) is 52.7 Å². The summed E-state index contributed by atoms with van der Waals surface area (Å²) in [6, 6.07) is 6.73. The second kappa shape index (κ2) is 10.6. The first kappa shape index (κ1) is 25.3. The van der Waals surface area contributed by atoms with E-state index in [1.807, 2.05) is 12.3 Å². The average molecular weight is 519 g/mol. The summed E-state index contributed by atoms with van der Waals surface area (Å²) >= 11 is 0. The topological polar surface area (TPSA) is 75.1 Å². The third-order valence-electron chi connectivity index (χ3n) is 8.53. The molecule has 3 aliphatic rings. The number of rotatable bonds is 8. The third kappa shape index (κ3) is 4.80. The monoisotopic (exact) mass is 518 g/mol. The highest BCUT2D eigenvalue weighted by atomic mass is 16.5. The van der Waals surface area contributed by atoms with Gasteiger partial charge in [0.2, 0.25) is 0 Å². The molecular weight excluding hydrogens is 480 g/mol. The van der Waals surface area contributed by atoms with Crippen LogP contribution in [0.2, 0.25) is 0 Å². The van der Waals surface area contributed by atoms with Gasteiger partial charge in [-0.25, -0.2) is 0 Å². The van der Waals surface area contributed by atoms with Gasteiger partial charge in [0.25, 0.3) is 5.56 Å². The molecule has 1 aromatic carbocycles. The van der Waals surface area contributed by atoms with Crippen LogP contribution in [0.15, 0.2) is 41.6 Å². The molecule has 0 atom stereocenters. The summed E-state index contributed by atoms with van der Waals surface area (Å²) in [5.41, 5.74) is 2.90. The molecule has 0 aliphatic carbocycles. The standard InChI is InChI=1S/C29H38N6O3/c1-32-18-25(23-4-5-30-14-24(23)29(32)36)21-10-27(37-2)26(28(11-21)38-3)19-33-6-8-35(9-7-33)22-16-34(17-22)15-20-12-31-13-20/h4-5,10-11,14,18,20,22,31H,6-9,12-13,15-17,19H2,1-3H3. The molecule has 0 saturated carbocycles. The summed E-state index contributed by atoms with van der Waals surface area (Å²) in [6.45, 7) is 11.1. The molecule has 0 amide bonds. The number of pyridine rings is 2. The highest BCUT2D eigenvalue weighted by molar-refractivity contribution is 5.95. The van der Waals surface area contributed by atoms with Gasteiger partial charge in [-0.3, -0.25) is 24.5 Å². The Morgan fingerprint density at radius 1 is 1.00 bits per heavy atom.